The second-order valence-corrected chi connectivity index (χ2v) is 15.5. The fourth-order valence-electron chi connectivity index (χ4n) is 7.04. The third kappa shape index (κ3) is 12.3. The van der Waals surface area contributed by atoms with E-state index in [0.717, 1.165) is 24.3 Å². The average molecular weight is 907 g/mol. The molecule has 354 valence electrons. The van der Waals surface area contributed by atoms with Crippen LogP contribution in [0.2, 0.25) is 0 Å². The topological polar surface area (TPSA) is 95.8 Å². The van der Waals surface area contributed by atoms with Gasteiger partial charge in [0, 0.05) is 33.4 Å². The number of unbranched alkanes of at least 4 members (excludes halogenated alkanes) is 6. The minimum absolute atomic E-state index is 0.00612. The summed E-state index contributed by atoms with van der Waals surface area (Å²) in [7, 11) is 0. The summed E-state index contributed by atoms with van der Waals surface area (Å²) in [4.78, 5) is 0. The van der Waals surface area contributed by atoms with Gasteiger partial charge >= 0.3 is 0 Å². The summed E-state index contributed by atoms with van der Waals surface area (Å²) in [6, 6.07) is 3.12. The Labute approximate surface area is 373 Å². The van der Waals surface area contributed by atoms with Gasteiger partial charge < -0.3 is 38.6 Å². The Hall–Kier alpha value is -4.82. The molecule has 0 radical (unpaired) electrons. The fraction of sp³-hybridized carbons (Fsp3) is 0.520. The second-order valence-electron chi connectivity index (χ2n) is 15.5. The van der Waals surface area contributed by atoms with Gasteiger partial charge in [-0.2, -0.15) is 0 Å². The summed E-state index contributed by atoms with van der Waals surface area (Å²) in [5.74, 6) is -9.64. The van der Waals surface area contributed by atoms with Gasteiger partial charge in [-0.25, -0.2) is 26.3 Å². The molecule has 0 saturated carbocycles. The lowest BCUT2D eigenvalue weighted by Gasteiger charge is -2.30. The van der Waals surface area contributed by atoms with Crippen LogP contribution < -0.4 is 28.4 Å². The number of halogens is 6. The number of hydrogen-bond acceptors (Lipinski definition) is 8. The highest BCUT2D eigenvalue weighted by molar-refractivity contribution is 5.98. The maximum Gasteiger partial charge on any atom is 0.204 e. The van der Waals surface area contributed by atoms with Crippen molar-refractivity contribution < 1.29 is 65.0 Å². The van der Waals surface area contributed by atoms with Gasteiger partial charge in [-0.15, -0.1) is 0 Å². The summed E-state index contributed by atoms with van der Waals surface area (Å²) >= 11 is 0. The van der Waals surface area contributed by atoms with E-state index in [1.807, 2.05) is 41.5 Å². The minimum Gasteiger partial charge on any atom is -0.489 e. The van der Waals surface area contributed by atoms with Crippen molar-refractivity contribution in [1.29, 1.82) is 0 Å². The summed E-state index contributed by atoms with van der Waals surface area (Å²) < 4.78 is 130. The van der Waals surface area contributed by atoms with Crippen LogP contribution in [0, 0.1) is 34.9 Å². The number of rotatable bonds is 29. The van der Waals surface area contributed by atoms with Crippen LogP contribution in [0.4, 0.5) is 26.3 Å². The first-order valence-electron chi connectivity index (χ1n) is 22.7. The molecule has 0 spiro atoms. The van der Waals surface area contributed by atoms with Crippen molar-refractivity contribution in [3.63, 3.8) is 0 Å². The lowest BCUT2D eigenvalue weighted by atomic mass is 9.84. The quantitative estimate of drug-likeness (QED) is 0.0316. The Bertz CT molecular complexity index is 1930. The summed E-state index contributed by atoms with van der Waals surface area (Å²) in [6.07, 6.45) is 7.44. The highest BCUT2D eigenvalue weighted by atomic mass is 19.2. The average Bonchev–Trinajstić information content (AvgIpc) is 3.28. The third-order valence-electron chi connectivity index (χ3n) is 10.5. The molecule has 64 heavy (non-hydrogen) atoms. The third-order valence-corrected chi connectivity index (χ3v) is 10.5. The highest BCUT2D eigenvalue weighted by Gasteiger charge is 2.37. The molecule has 0 saturated heterocycles. The smallest absolute Gasteiger partial charge is 0.204 e. The number of aliphatic hydroxyl groups excluding tert-OH is 2. The predicted octanol–water partition coefficient (Wildman–Crippen LogP) is 13.6. The van der Waals surface area contributed by atoms with Crippen LogP contribution in [0.15, 0.2) is 24.3 Å². The normalized spacial score (nSPS) is 11.3. The molecule has 8 nitrogen and oxygen atoms in total. The van der Waals surface area contributed by atoms with Crippen molar-refractivity contribution in [3.05, 3.63) is 70.3 Å². The molecule has 0 atom stereocenters. The second kappa shape index (κ2) is 26.2. The Morgan fingerprint density at radius 1 is 0.344 bits per heavy atom. The Morgan fingerprint density at radius 2 is 0.562 bits per heavy atom. The zero-order valence-corrected chi connectivity index (χ0v) is 38.1. The van der Waals surface area contributed by atoms with Crippen molar-refractivity contribution in [2.24, 2.45) is 0 Å². The largest absolute Gasteiger partial charge is 0.489 e. The van der Waals surface area contributed by atoms with E-state index >= 15 is 17.6 Å². The molecule has 0 amide bonds. The predicted molar refractivity (Wildman–Crippen MR) is 237 cm³/mol. The van der Waals surface area contributed by atoms with Gasteiger partial charge in [-0.05, 0) is 73.9 Å². The minimum atomic E-state index is -1.72. The summed E-state index contributed by atoms with van der Waals surface area (Å²) in [5.41, 5.74) is -0.765. The van der Waals surface area contributed by atoms with Crippen LogP contribution >= 0.6 is 0 Å². The maximum atomic E-state index is 15.4. The van der Waals surface area contributed by atoms with Gasteiger partial charge in [0.2, 0.25) is 11.5 Å². The molecular weight excluding hydrogens is 843 g/mol. The fourth-order valence-corrected chi connectivity index (χ4v) is 7.04. The molecule has 0 aliphatic carbocycles. The molecule has 0 bridgehead atoms. The number of aliphatic hydroxyl groups is 2. The van der Waals surface area contributed by atoms with E-state index in [1.54, 1.807) is 0 Å². The van der Waals surface area contributed by atoms with E-state index in [1.165, 1.54) is 0 Å². The Morgan fingerprint density at radius 3 is 0.781 bits per heavy atom. The van der Waals surface area contributed by atoms with Crippen molar-refractivity contribution >= 4 is 0 Å². The molecule has 0 aromatic heterocycles. The molecule has 4 aromatic carbocycles. The standard InChI is InChI=1S/C50H64F6O8/c1-7-13-19-59-45-39(31-25-35(51)43(55)36(52)26-31)33(29-57)41(47(61-21-15-9-3)49(45)63-23-17-11-5)42-34(30-58)40(32-27-37(53)44(56)38(54)28-32)46(60-20-14-8-2)50(64-24-18-12-6)48(42)62-22-16-10-4/h25-28,57-58H,7-24,29-30H2,1-6H3. The van der Waals surface area contributed by atoms with Crippen LogP contribution in [0.1, 0.15) is 130 Å². The number of hydrogen-bond donors (Lipinski definition) is 2. The van der Waals surface area contributed by atoms with Crippen molar-refractivity contribution in [2.45, 2.75) is 132 Å². The number of ether oxygens (including phenoxy) is 6. The first kappa shape index (κ1) is 51.8. The SMILES string of the molecule is CCCCOc1c(OCCCC)c(-c2cc(F)c(F)c(F)c2)c(CO)c(-c2c(CO)c(-c3cc(F)c(F)c(F)c3)c(OCCCC)c(OCCCC)c2OCCCC)c1OCCCC. The monoisotopic (exact) mass is 906 g/mol. The van der Waals surface area contributed by atoms with Gasteiger partial charge in [0.15, 0.2) is 57.9 Å². The van der Waals surface area contributed by atoms with Gasteiger partial charge in [-0.1, -0.05) is 80.1 Å². The first-order chi connectivity index (χ1) is 31.0. The van der Waals surface area contributed by atoms with E-state index in [-0.39, 0.29) is 119 Å². The van der Waals surface area contributed by atoms with Crippen LogP contribution in [0.25, 0.3) is 33.4 Å². The molecule has 4 aromatic rings. The first-order valence-corrected chi connectivity index (χ1v) is 22.7. The Kier molecular flexibility index (Phi) is 21.2. The van der Waals surface area contributed by atoms with Gasteiger partial charge in [-0.3, -0.25) is 0 Å². The molecule has 0 heterocycles. The van der Waals surface area contributed by atoms with E-state index in [4.69, 9.17) is 28.4 Å². The maximum absolute atomic E-state index is 15.4. The summed E-state index contributed by atoms with van der Waals surface area (Å²) in [6.45, 7) is 10.5. The van der Waals surface area contributed by atoms with Crippen molar-refractivity contribution in [2.75, 3.05) is 39.6 Å². The zero-order chi connectivity index (χ0) is 46.8. The molecular formula is C50H64F6O8. The van der Waals surface area contributed by atoms with Gasteiger partial charge in [0.1, 0.15) is 0 Å². The van der Waals surface area contributed by atoms with Crippen LogP contribution in [-0.2, 0) is 13.2 Å². The molecule has 0 aliphatic heterocycles. The Balaban J connectivity index is 2.48. The number of benzene rings is 4. The molecule has 0 fully saturated rings. The van der Waals surface area contributed by atoms with E-state index < -0.39 is 48.1 Å². The van der Waals surface area contributed by atoms with Crippen LogP contribution in [-0.4, -0.2) is 49.9 Å². The van der Waals surface area contributed by atoms with Gasteiger partial charge in [0.05, 0.1) is 52.9 Å². The van der Waals surface area contributed by atoms with E-state index in [9.17, 15) is 19.0 Å². The molecule has 4 rings (SSSR count). The van der Waals surface area contributed by atoms with Crippen LogP contribution in [0.5, 0.6) is 34.5 Å². The van der Waals surface area contributed by atoms with Crippen LogP contribution in [0.3, 0.4) is 0 Å². The van der Waals surface area contributed by atoms with E-state index in [2.05, 4.69) is 0 Å². The summed E-state index contributed by atoms with van der Waals surface area (Å²) in [5, 5.41) is 23.4. The van der Waals surface area contributed by atoms with E-state index in [0.29, 0.717) is 77.0 Å². The lowest BCUT2D eigenvalue weighted by Crippen LogP contribution is -2.14. The molecule has 0 aliphatic rings. The molecule has 2 N–H and O–H groups in total. The molecule has 0 unspecified atom stereocenters. The van der Waals surface area contributed by atoms with Crippen molar-refractivity contribution in [1.82, 2.24) is 0 Å². The molecule has 14 heteroatoms. The van der Waals surface area contributed by atoms with Crippen molar-refractivity contribution in [3.8, 4) is 67.9 Å². The highest BCUT2D eigenvalue weighted by Crippen LogP contribution is 2.60. The van der Waals surface area contributed by atoms with Gasteiger partial charge in [0.25, 0.3) is 0 Å². The lowest BCUT2D eigenvalue weighted by molar-refractivity contribution is 0.232. The zero-order valence-electron chi connectivity index (χ0n) is 38.1.